The zero-order valence-electron chi connectivity index (χ0n) is 9.00. The van der Waals surface area contributed by atoms with Gasteiger partial charge in [0, 0.05) is 17.3 Å². The molecule has 0 aliphatic carbocycles. The highest BCUT2D eigenvalue weighted by Crippen LogP contribution is 2.31. The summed E-state index contributed by atoms with van der Waals surface area (Å²) in [7, 11) is 0. The van der Waals surface area contributed by atoms with Crippen LogP contribution < -0.4 is 4.90 Å². The number of hydrogen-bond acceptors (Lipinski definition) is 2. The lowest BCUT2D eigenvalue weighted by molar-refractivity contribution is -0.129. The van der Waals surface area contributed by atoms with Gasteiger partial charge in [0.1, 0.15) is 0 Å². The minimum Gasteiger partial charge on any atom is -0.274 e. The smallest absolute Gasteiger partial charge is 0.233 e. The van der Waals surface area contributed by atoms with E-state index in [4.69, 9.17) is 0 Å². The average Bonchev–Trinajstić information content (AvgIpc) is 2.24. The van der Waals surface area contributed by atoms with E-state index in [2.05, 4.69) is 15.9 Å². The lowest BCUT2D eigenvalue weighted by atomic mass is 10.1. The highest BCUT2D eigenvalue weighted by atomic mass is 79.9. The summed E-state index contributed by atoms with van der Waals surface area (Å²) >= 11 is 3.42. The Morgan fingerprint density at radius 1 is 1.19 bits per heavy atom. The zero-order chi connectivity index (χ0) is 11.7. The first-order valence-electron chi connectivity index (χ1n) is 5.22. The number of hydrogen-bond donors (Lipinski definition) is 0. The van der Waals surface area contributed by atoms with E-state index < -0.39 is 0 Å². The molecule has 1 heterocycles. The minimum absolute atomic E-state index is 0.109. The third-order valence-electron chi connectivity index (χ3n) is 2.69. The number of nitrogens with zero attached hydrogens (tertiary/aromatic N) is 1. The van der Waals surface area contributed by atoms with Gasteiger partial charge in [-0.2, -0.15) is 0 Å². The number of carbonyl (C=O) groups excluding carboxylic acids is 2. The number of benzene rings is 1. The Morgan fingerprint density at radius 3 is 2.44 bits per heavy atom. The Hall–Kier alpha value is -1.16. The number of piperidine rings is 1. The first kappa shape index (κ1) is 11.3. The minimum atomic E-state index is -0.109. The van der Waals surface area contributed by atoms with Crippen LogP contribution in [0.1, 0.15) is 24.8 Å². The Kier molecular flexibility index (Phi) is 3.10. The molecule has 84 valence electrons. The van der Waals surface area contributed by atoms with E-state index in [-0.39, 0.29) is 11.8 Å². The number of carbonyl (C=O) groups is 2. The summed E-state index contributed by atoms with van der Waals surface area (Å²) in [5, 5.41) is 0. The second-order valence-corrected chi connectivity index (χ2v) is 4.68. The molecule has 1 aromatic carbocycles. The van der Waals surface area contributed by atoms with Crippen LogP contribution in [0.25, 0.3) is 0 Å². The molecule has 0 spiro atoms. The molecule has 1 aliphatic rings. The fourth-order valence-electron chi connectivity index (χ4n) is 1.83. The predicted molar refractivity (Wildman–Crippen MR) is 65.2 cm³/mol. The normalized spacial score (nSPS) is 16.8. The van der Waals surface area contributed by atoms with Crippen LogP contribution in [-0.2, 0) is 9.59 Å². The molecule has 2 amide bonds. The van der Waals surface area contributed by atoms with Gasteiger partial charge in [-0.1, -0.05) is 12.1 Å². The van der Waals surface area contributed by atoms with Crippen LogP contribution in [0.2, 0.25) is 0 Å². The van der Waals surface area contributed by atoms with Gasteiger partial charge >= 0.3 is 0 Å². The van der Waals surface area contributed by atoms with Crippen molar-refractivity contribution in [3.05, 3.63) is 28.2 Å². The lowest BCUT2D eigenvalue weighted by Crippen LogP contribution is -2.40. The molecule has 0 bridgehead atoms. The number of aryl methyl sites for hydroxylation is 1. The summed E-state index contributed by atoms with van der Waals surface area (Å²) in [6.07, 6.45) is 1.57. The number of anilines is 1. The average molecular weight is 282 g/mol. The van der Waals surface area contributed by atoms with Crippen LogP contribution in [0.4, 0.5) is 5.69 Å². The molecule has 0 radical (unpaired) electrons. The van der Waals surface area contributed by atoms with E-state index in [1.807, 2.05) is 19.1 Å². The molecule has 2 rings (SSSR count). The van der Waals surface area contributed by atoms with Crippen LogP contribution in [0, 0.1) is 6.92 Å². The van der Waals surface area contributed by atoms with E-state index >= 15 is 0 Å². The van der Waals surface area contributed by atoms with Gasteiger partial charge in [0.25, 0.3) is 0 Å². The van der Waals surface area contributed by atoms with Crippen molar-refractivity contribution in [1.82, 2.24) is 0 Å². The second kappa shape index (κ2) is 4.37. The topological polar surface area (TPSA) is 37.4 Å². The van der Waals surface area contributed by atoms with Crippen LogP contribution in [0.15, 0.2) is 22.7 Å². The summed E-state index contributed by atoms with van der Waals surface area (Å²) in [4.78, 5) is 24.8. The van der Waals surface area contributed by atoms with Gasteiger partial charge in [-0.25, -0.2) is 4.90 Å². The molecule has 1 fully saturated rings. The Morgan fingerprint density at radius 2 is 1.81 bits per heavy atom. The third-order valence-corrected chi connectivity index (χ3v) is 3.72. The van der Waals surface area contributed by atoms with Crippen molar-refractivity contribution in [1.29, 1.82) is 0 Å². The fraction of sp³-hybridized carbons (Fsp3) is 0.333. The van der Waals surface area contributed by atoms with Crippen LogP contribution in [0.3, 0.4) is 0 Å². The maximum atomic E-state index is 11.8. The molecule has 4 heteroatoms. The third kappa shape index (κ3) is 1.89. The molecule has 0 unspecified atom stereocenters. The molecule has 1 aliphatic heterocycles. The first-order valence-corrected chi connectivity index (χ1v) is 6.01. The van der Waals surface area contributed by atoms with E-state index in [9.17, 15) is 9.59 Å². The monoisotopic (exact) mass is 281 g/mol. The van der Waals surface area contributed by atoms with Crippen molar-refractivity contribution in [3.63, 3.8) is 0 Å². The summed E-state index contributed by atoms with van der Waals surface area (Å²) < 4.78 is 0.818. The van der Waals surface area contributed by atoms with E-state index in [1.165, 1.54) is 4.90 Å². The number of amides is 2. The lowest BCUT2D eigenvalue weighted by Gasteiger charge is -2.26. The largest absolute Gasteiger partial charge is 0.274 e. The van der Waals surface area contributed by atoms with E-state index in [0.717, 1.165) is 10.0 Å². The molecular weight excluding hydrogens is 270 g/mol. The van der Waals surface area contributed by atoms with Crippen molar-refractivity contribution < 1.29 is 9.59 Å². The van der Waals surface area contributed by atoms with Gasteiger partial charge in [-0.05, 0) is 40.9 Å². The number of rotatable bonds is 1. The van der Waals surface area contributed by atoms with Crippen molar-refractivity contribution in [3.8, 4) is 0 Å². The summed E-state index contributed by atoms with van der Waals surface area (Å²) in [6, 6.07) is 5.58. The molecular formula is C12H12BrNO2. The maximum absolute atomic E-state index is 11.8. The molecule has 16 heavy (non-hydrogen) atoms. The number of imide groups is 1. The Bertz CT molecular complexity index is 440. The SMILES string of the molecule is Cc1cccc(N2C(=O)CCCC2=O)c1Br. The van der Waals surface area contributed by atoms with Crippen molar-refractivity contribution in [2.45, 2.75) is 26.2 Å². The first-order chi connectivity index (χ1) is 7.61. The zero-order valence-corrected chi connectivity index (χ0v) is 10.6. The van der Waals surface area contributed by atoms with Gasteiger partial charge in [0.05, 0.1) is 5.69 Å². The molecule has 0 N–H and O–H groups in total. The van der Waals surface area contributed by atoms with E-state index in [1.54, 1.807) is 6.07 Å². The maximum Gasteiger partial charge on any atom is 0.233 e. The fourth-order valence-corrected chi connectivity index (χ4v) is 2.27. The van der Waals surface area contributed by atoms with Gasteiger partial charge in [0.15, 0.2) is 0 Å². The van der Waals surface area contributed by atoms with Crippen molar-refractivity contribution in [2.24, 2.45) is 0 Å². The number of halogens is 1. The highest BCUT2D eigenvalue weighted by molar-refractivity contribution is 9.10. The summed E-state index contributed by atoms with van der Waals surface area (Å²) in [5.41, 5.74) is 1.68. The molecule has 0 saturated carbocycles. The summed E-state index contributed by atoms with van der Waals surface area (Å²) in [6.45, 7) is 1.94. The van der Waals surface area contributed by atoms with Gasteiger partial charge in [0.2, 0.25) is 11.8 Å². The van der Waals surface area contributed by atoms with E-state index in [0.29, 0.717) is 24.9 Å². The van der Waals surface area contributed by atoms with Gasteiger partial charge < -0.3 is 0 Å². The Balaban J connectivity index is 2.46. The van der Waals surface area contributed by atoms with Crippen LogP contribution in [-0.4, -0.2) is 11.8 Å². The Labute approximate surface area is 103 Å². The van der Waals surface area contributed by atoms with Gasteiger partial charge in [-0.3, -0.25) is 9.59 Å². The highest BCUT2D eigenvalue weighted by Gasteiger charge is 2.28. The molecule has 1 aromatic rings. The molecule has 0 atom stereocenters. The predicted octanol–water partition coefficient (Wildman–Crippen LogP) is 2.80. The van der Waals surface area contributed by atoms with Crippen LogP contribution in [0.5, 0.6) is 0 Å². The molecule has 0 aromatic heterocycles. The quantitative estimate of drug-likeness (QED) is 0.743. The standard InChI is InChI=1S/C12H12BrNO2/c1-8-4-2-5-9(12(8)13)14-10(15)6-3-7-11(14)16/h2,4-5H,3,6-7H2,1H3. The van der Waals surface area contributed by atoms with Gasteiger partial charge in [-0.15, -0.1) is 0 Å². The van der Waals surface area contributed by atoms with Crippen LogP contribution >= 0.6 is 15.9 Å². The van der Waals surface area contributed by atoms with Crippen molar-refractivity contribution >= 4 is 33.4 Å². The second-order valence-electron chi connectivity index (χ2n) is 3.88. The molecule has 3 nitrogen and oxygen atoms in total. The van der Waals surface area contributed by atoms with Crippen molar-refractivity contribution in [2.75, 3.05) is 4.90 Å². The summed E-state index contributed by atoms with van der Waals surface area (Å²) in [5.74, 6) is -0.217. The molecule has 1 saturated heterocycles.